The van der Waals surface area contributed by atoms with Crippen molar-refractivity contribution in [2.45, 2.75) is 58.2 Å². The Balaban J connectivity index is 1.47. The Morgan fingerprint density at radius 3 is 2.73 bits per heavy atom. The third kappa shape index (κ3) is 4.08. The molecule has 174 valence electrons. The van der Waals surface area contributed by atoms with E-state index in [1.807, 2.05) is 29.9 Å². The van der Waals surface area contributed by atoms with Gasteiger partial charge in [-0.3, -0.25) is 4.99 Å². The summed E-state index contributed by atoms with van der Waals surface area (Å²) in [6.45, 7) is 7.06. The Labute approximate surface area is 194 Å². The van der Waals surface area contributed by atoms with Crippen LogP contribution in [-0.2, 0) is 0 Å². The average molecular weight is 450 g/mol. The Hall–Kier alpha value is -3.00. The highest BCUT2D eigenvalue weighted by Crippen LogP contribution is 2.40. The Morgan fingerprint density at radius 1 is 1.21 bits per heavy atom. The number of aromatic nitrogens is 3. The predicted molar refractivity (Wildman–Crippen MR) is 132 cm³/mol. The number of benzene rings is 1. The van der Waals surface area contributed by atoms with E-state index in [9.17, 15) is 0 Å². The Morgan fingerprint density at radius 2 is 2.00 bits per heavy atom. The van der Waals surface area contributed by atoms with Crippen LogP contribution < -0.4 is 10.2 Å². The zero-order valence-corrected chi connectivity index (χ0v) is 20.0. The lowest BCUT2D eigenvalue weighted by Crippen LogP contribution is -2.47. The second kappa shape index (κ2) is 8.41. The SMILES string of the molecule is CC1=Nc2c(F)cc(-c3ccn4nc(NC5CC(N(C)C)C5)ncc34)cc2N(C(C)C)CC1. The van der Waals surface area contributed by atoms with Gasteiger partial charge in [0.15, 0.2) is 5.82 Å². The lowest BCUT2D eigenvalue weighted by Gasteiger charge is -2.39. The standard InChI is InChI=1S/C25H32FN7/c1-15(2)32-8-6-16(3)28-24-21(26)10-17(11-22(24)32)20-7-9-33-23(20)14-27-25(30-33)29-18-12-19(13-18)31(4)5/h7,9-11,14-15,18-19H,6,8,12-13H2,1-5H3,(H,29,30). The van der Waals surface area contributed by atoms with Crippen molar-refractivity contribution in [1.82, 2.24) is 19.5 Å². The molecule has 0 amide bonds. The van der Waals surface area contributed by atoms with Crippen molar-refractivity contribution in [2.24, 2.45) is 4.99 Å². The molecule has 0 radical (unpaired) electrons. The molecule has 2 aromatic heterocycles. The van der Waals surface area contributed by atoms with Gasteiger partial charge in [-0.05, 0) is 71.5 Å². The van der Waals surface area contributed by atoms with Gasteiger partial charge in [0.25, 0.3) is 0 Å². The molecule has 0 bridgehead atoms. The summed E-state index contributed by atoms with van der Waals surface area (Å²) >= 11 is 0. The third-order valence-electron chi connectivity index (χ3n) is 6.90. The van der Waals surface area contributed by atoms with Gasteiger partial charge in [0.05, 0.1) is 17.4 Å². The molecule has 3 aromatic rings. The van der Waals surface area contributed by atoms with Crippen molar-refractivity contribution in [3.8, 4) is 11.1 Å². The molecule has 7 nitrogen and oxygen atoms in total. The summed E-state index contributed by atoms with van der Waals surface area (Å²) in [5.74, 6) is 0.323. The van der Waals surface area contributed by atoms with E-state index in [0.29, 0.717) is 23.7 Å². The second-order valence-corrected chi connectivity index (χ2v) is 9.78. The van der Waals surface area contributed by atoms with Gasteiger partial charge in [0, 0.05) is 48.6 Å². The van der Waals surface area contributed by atoms with Crippen LogP contribution in [0.4, 0.5) is 21.7 Å². The fourth-order valence-corrected chi connectivity index (χ4v) is 4.78. The number of hydrogen-bond donors (Lipinski definition) is 1. The summed E-state index contributed by atoms with van der Waals surface area (Å²) < 4.78 is 17.1. The minimum atomic E-state index is -0.298. The van der Waals surface area contributed by atoms with Gasteiger partial charge in [0.2, 0.25) is 5.95 Å². The maximum Gasteiger partial charge on any atom is 0.241 e. The molecular formula is C25H32FN7. The molecular weight excluding hydrogens is 417 g/mol. The quantitative estimate of drug-likeness (QED) is 0.609. The zero-order valence-electron chi connectivity index (χ0n) is 20.0. The van der Waals surface area contributed by atoms with Crippen LogP contribution in [0, 0.1) is 5.82 Å². The van der Waals surface area contributed by atoms with Gasteiger partial charge in [0.1, 0.15) is 5.69 Å². The van der Waals surface area contributed by atoms with E-state index < -0.39 is 0 Å². The van der Waals surface area contributed by atoms with Gasteiger partial charge in [-0.15, -0.1) is 5.10 Å². The summed E-state index contributed by atoms with van der Waals surface area (Å²) in [5.41, 5.74) is 4.81. The van der Waals surface area contributed by atoms with Crippen molar-refractivity contribution in [3.63, 3.8) is 0 Å². The van der Waals surface area contributed by atoms with Crippen LogP contribution in [0.5, 0.6) is 0 Å². The number of halogens is 1. The number of fused-ring (bicyclic) bond motifs is 2. The molecule has 0 saturated heterocycles. The van der Waals surface area contributed by atoms with Crippen molar-refractivity contribution in [3.05, 3.63) is 36.4 Å². The van der Waals surface area contributed by atoms with Crippen LogP contribution in [0.15, 0.2) is 35.6 Å². The maximum atomic E-state index is 15.3. The van der Waals surface area contributed by atoms with Gasteiger partial charge in [-0.2, -0.15) is 0 Å². The van der Waals surface area contributed by atoms with E-state index in [4.69, 9.17) is 0 Å². The van der Waals surface area contributed by atoms with E-state index in [1.54, 1.807) is 6.07 Å². The van der Waals surface area contributed by atoms with Crippen LogP contribution in [-0.4, -0.2) is 64.0 Å². The predicted octanol–water partition coefficient (Wildman–Crippen LogP) is 4.75. The van der Waals surface area contributed by atoms with Crippen molar-refractivity contribution in [2.75, 3.05) is 30.9 Å². The van der Waals surface area contributed by atoms with E-state index in [1.165, 1.54) is 0 Å². The van der Waals surface area contributed by atoms with Gasteiger partial charge in [-0.1, -0.05) is 0 Å². The van der Waals surface area contributed by atoms with E-state index in [-0.39, 0.29) is 11.9 Å². The molecule has 8 heteroatoms. The van der Waals surface area contributed by atoms with Gasteiger partial charge < -0.3 is 15.1 Å². The molecule has 1 saturated carbocycles. The summed E-state index contributed by atoms with van der Waals surface area (Å²) in [6, 6.07) is 6.88. The van der Waals surface area contributed by atoms with Crippen molar-refractivity contribution < 1.29 is 4.39 Å². The summed E-state index contributed by atoms with van der Waals surface area (Å²) in [7, 11) is 4.23. The lowest BCUT2D eigenvalue weighted by atomic mass is 9.86. The molecule has 2 aliphatic rings. The van der Waals surface area contributed by atoms with Crippen molar-refractivity contribution >= 4 is 28.6 Å². The second-order valence-electron chi connectivity index (χ2n) is 9.78. The first kappa shape index (κ1) is 21.8. The number of aliphatic imine (C=N–C) groups is 1. The van der Waals surface area contributed by atoms with Crippen LogP contribution in [0.2, 0.25) is 0 Å². The first-order chi connectivity index (χ1) is 15.8. The molecule has 1 aliphatic carbocycles. The number of nitrogens with zero attached hydrogens (tertiary/aromatic N) is 6. The number of anilines is 2. The molecule has 0 spiro atoms. The third-order valence-corrected chi connectivity index (χ3v) is 6.90. The number of rotatable bonds is 5. The molecule has 1 fully saturated rings. The van der Waals surface area contributed by atoms with E-state index >= 15 is 4.39 Å². The average Bonchev–Trinajstić information content (AvgIpc) is 3.06. The zero-order chi connectivity index (χ0) is 23.3. The van der Waals surface area contributed by atoms with Crippen LogP contribution in [0.25, 0.3) is 16.6 Å². The fraction of sp³-hybridized carbons (Fsp3) is 0.480. The highest BCUT2D eigenvalue weighted by atomic mass is 19.1. The Kier molecular flexibility index (Phi) is 5.56. The highest BCUT2D eigenvalue weighted by molar-refractivity contribution is 5.91. The maximum absolute atomic E-state index is 15.3. The summed E-state index contributed by atoms with van der Waals surface area (Å²) in [5, 5.41) is 8.08. The monoisotopic (exact) mass is 449 g/mol. The molecule has 33 heavy (non-hydrogen) atoms. The number of hydrogen-bond acceptors (Lipinski definition) is 6. The normalized spacial score (nSPS) is 20.6. The number of nitrogens with one attached hydrogen (secondary N) is 1. The first-order valence-corrected chi connectivity index (χ1v) is 11.7. The molecule has 1 N–H and O–H groups in total. The Bertz CT molecular complexity index is 1210. The van der Waals surface area contributed by atoms with Crippen LogP contribution >= 0.6 is 0 Å². The van der Waals surface area contributed by atoms with E-state index in [2.05, 4.69) is 64.2 Å². The van der Waals surface area contributed by atoms with Gasteiger partial charge >= 0.3 is 0 Å². The molecule has 1 aliphatic heterocycles. The minimum Gasteiger partial charge on any atom is -0.367 e. The topological polar surface area (TPSA) is 61.1 Å². The molecule has 0 atom stereocenters. The molecule has 5 rings (SSSR count). The lowest BCUT2D eigenvalue weighted by molar-refractivity contribution is 0.177. The summed E-state index contributed by atoms with van der Waals surface area (Å²) in [4.78, 5) is 13.6. The smallest absolute Gasteiger partial charge is 0.241 e. The largest absolute Gasteiger partial charge is 0.367 e. The summed E-state index contributed by atoms with van der Waals surface area (Å²) in [6.07, 6.45) is 6.74. The molecule has 1 aromatic carbocycles. The van der Waals surface area contributed by atoms with Crippen LogP contribution in [0.1, 0.15) is 40.0 Å². The van der Waals surface area contributed by atoms with E-state index in [0.717, 1.165) is 53.8 Å². The molecule has 0 unspecified atom stereocenters. The van der Waals surface area contributed by atoms with Crippen molar-refractivity contribution in [1.29, 1.82) is 0 Å². The minimum absolute atomic E-state index is 0.251. The first-order valence-electron chi connectivity index (χ1n) is 11.7. The highest BCUT2D eigenvalue weighted by Gasteiger charge is 2.31. The van der Waals surface area contributed by atoms with Gasteiger partial charge in [-0.25, -0.2) is 13.9 Å². The van der Waals surface area contributed by atoms with Crippen LogP contribution in [0.3, 0.4) is 0 Å². The fourth-order valence-electron chi connectivity index (χ4n) is 4.78. The molecule has 3 heterocycles.